The Balaban J connectivity index is 1.41. The van der Waals surface area contributed by atoms with E-state index in [1.807, 2.05) is 41.8 Å². The second kappa shape index (κ2) is 6.57. The van der Waals surface area contributed by atoms with E-state index in [0.29, 0.717) is 17.5 Å². The number of carbonyl (C=O) groups is 1. The number of rotatable bonds is 4. The molecule has 24 heavy (non-hydrogen) atoms. The van der Waals surface area contributed by atoms with E-state index in [1.165, 1.54) is 25.9 Å². The van der Waals surface area contributed by atoms with Gasteiger partial charge in [-0.1, -0.05) is 0 Å². The van der Waals surface area contributed by atoms with Crippen molar-refractivity contribution in [2.75, 3.05) is 13.1 Å². The molecule has 2 bridgehead atoms. The summed E-state index contributed by atoms with van der Waals surface area (Å²) in [5, 5.41) is 6.10. The highest BCUT2D eigenvalue weighted by Crippen LogP contribution is 2.32. The Morgan fingerprint density at radius 1 is 1.21 bits per heavy atom. The van der Waals surface area contributed by atoms with Crippen LogP contribution in [0.2, 0.25) is 0 Å². The Bertz CT molecular complexity index is 689. The molecule has 0 aliphatic carbocycles. The fourth-order valence-electron chi connectivity index (χ4n) is 3.89. The van der Waals surface area contributed by atoms with Crippen molar-refractivity contribution in [3.05, 3.63) is 47.3 Å². The number of benzene rings is 1. The van der Waals surface area contributed by atoms with Crippen LogP contribution in [-0.2, 0) is 0 Å². The maximum absolute atomic E-state index is 12.6. The zero-order chi connectivity index (χ0) is 16.5. The SMILES string of the molecule is C[C@H]1[C@H](NC(=O)c2ccc(Oc3cccs3)cc2)C2CCN1CC2. The van der Waals surface area contributed by atoms with Crippen LogP contribution in [0.15, 0.2) is 41.8 Å². The first-order valence-electron chi connectivity index (χ1n) is 8.57. The third-order valence-corrected chi connectivity index (χ3v) is 6.05. The summed E-state index contributed by atoms with van der Waals surface area (Å²) >= 11 is 1.55. The Hall–Kier alpha value is -1.85. The summed E-state index contributed by atoms with van der Waals surface area (Å²) in [6.07, 6.45) is 2.39. The van der Waals surface area contributed by atoms with Gasteiger partial charge in [-0.2, -0.15) is 0 Å². The number of nitrogens with zero attached hydrogens (tertiary/aromatic N) is 1. The third-order valence-electron chi connectivity index (χ3n) is 5.31. The van der Waals surface area contributed by atoms with E-state index in [0.717, 1.165) is 10.8 Å². The minimum Gasteiger partial charge on any atom is -0.447 e. The smallest absolute Gasteiger partial charge is 0.251 e. The van der Waals surface area contributed by atoms with Gasteiger partial charge in [0.25, 0.3) is 5.91 Å². The predicted molar refractivity (Wildman–Crippen MR) is 95.8 cm³/mol. The van der Waals surface area contributed by atoms with E-state index >= 15 is 0 Å². The lowest BCUT2D eigenvalue weighted by molar-refractivity contribution is 0.0217. The van der Waals surface area contributed by atoms with Gasteiger partial charge < -0.3 is 10.1 Å². The van der Waals surface area contributed by atoms with E-state index in [2.05, 4.69) is 17.1 Å². The average molecular weight is 342 g/mol. The molecular formula is C19H22N2O2S. The molecule has 1 amide bonds. The quantitative estimate of drug-likeness (QED) is 0.920. The lowest BCUT2D eigenvalue weighted by Crippen LogP contribution is -2.62. The molecule has 2 atom stereocenters. The highest BCUT2D eigenvalue weighted by atomic mass is 32.1. The number of fused-ring (bicyclic) bond motifs is 3. The lowest BCUT2D eigenvalue weighted by Gasteiger charge is -2.49. The van der Waals surface area contributed by atoms with Crippen molar-refractivity contribution in [3.8, 4) is 10.8 Å². The number of ether oxygens (including phenoxy) is 1. The first-order chi connectivity index (χ1) is 11.7. The first kappa shape index (κ1) is 15.7. The monoisotopic (exact) mass is 342 g/mol. The third kappa shape index (κ3) is 3.06. The van der Waals surface area contributed by atoms with E-state index in [9.17, 15) is 4.79 Å². The maximum Gasteiger partial charge on any atom is 0.251 e. The Kier molecular flexibility index (Phi) is 4.29. The summed E-state index contributed by atoms with van der Waals surface area (Å²) in [7, 11) is 0. The molecule has 0 saturated carbocycles. The Labute approximate surface area is 146 Å². The fraction of sp³-hybridized carbons (Fsp3) is 0.421. The standard InChI is InChI=1S/C19H22N2O2S/c1-13-18(14-8-10-21(13)11-9-14)20-19(22)15-4-6-16(7-5-15)23-17-3-2-12-24-17/h2-7,12-14,18H,8-11H2,1H3,(H,20,22)/t13-,18-/m0/s1. The molecule has 3 aliphatic heterocycles. The highest BCUT2D eigenvalue weighted by molar-refractivity contribution is 7.11. The van der Waals surface area contributed by atoms with Crippen molar-refractivity contribution in [2.45, 2.75) is 31.8 Å². The molecule has 0 radical (unpaired) electrons. The summed E-state index contributed by atoms with van der Waals surface area (Å²) < 4.78 is 5.74. The molecule has 1 N–H and O–H groups in total. The van der Waals surface area contributed by atoms with Crippen LogP contribution in [0.25, 0.3) is 0 Å². The molecule has 1 aromatic carbocycles. The topological polar surface area (TPSA) is 41.6 Å². The molecule has 5 heteroatoms. The Morgan fingerprint density at radius 2 is 1.96 bits per heavy atom. The molecule has 0 unspecified atom stereocenters. The van der Waals surface area contributed by atoms with E-state index in [1.54, 1.807) is 11.3 Å². The molecule has 3 saturated heterocycles. The summed E-state index contributed by atoms with van der Waals surface area (Å²) in [5.41, 5.74) is 0.692. The van der Waals surface area contributed by atoms with Crippen LogP contribution in [0.4, 0.5) is 0 Å². The van der Waals surface area contributed by atoms with Crippen LogP contribution in [0.5, 0.6) is 10.8 Å². The highest BCUT2D eigenvalue weighted by Gasteiger charge is 2.40. The van der Waals surface area contributed by atoms with Crippen LogP contribution in [0.1, 0.15) is 30.1 Å². The fourth-order valence-corrected chi connectivity index (χ4v) is 4.48. The van der Waals surface area contributed by atoms with E-state index < -0.39 is 0 Å². The van der Waals surface area contributed by atoms with Crippen molar-refractivity contribution in [1.82, 2.24) is 10.2 Å². The second-order valence-electron chi connectivity index (χ2n) is 6.67. The van der Waals surface area contributed by atoms with Crippen molar-refractivity contribution < 1.29 is 9.53 Å². The molecule has 4 heterocycles. The summed E-state index contributed by atoms with van der Waals surface area (Å²) in [6.45, 7) is 4.58. The number of nitrogens with one attached hydrogen (secondary N) is 1. The van der Waals surface area contributed by atoms with E-state index in [4.69, 9.17) is 4.74 Å². The van der Waals surface area contributed by atoms with Gasteiger partial charge in [-0.05, 0) is 80.6 Å². The Morgan fingerprint density at radius 3 is 2.58 bits per heavy atom. The molecule has 4 nitrogen and oxygen atoms in total. The summed E-state index contributed by atoms with van der Waals surface area (Å²) in [6, 6.07) is 12.0. The van der Waals surface area contributed by atoms with Gasteiger partial charge in [0.2, 0.25) is 0 Å². The van der Waals surface area contributed by atoms with Crippen LogP contribution >= 0.6 is 11.3 Å². The van der Waals surface area contributed by atoms with Crippen LogP contribution in [-0.4, -0.2) is 36.0 Å². The van der Waals surface area contributed by atoms with Gasteiger partial charge in [-0.3, -0.25) is 9.69 Å². The number of hydrogen-bond donors (Lipinski definition) is 1. The van der Waals surface area contributed by atoms with Crippen LogP contribution < -0.4 is 10.1 Å². The van der Waals surface area contributed by atoms with Crippen LogP contribution in [0.3, 0.4) is 0 Å². The summed E-state index contributed by atoms with van der Waals surface area (Å²) in [4.78, 5) is 15.1. The minimum absolute atomic E-state index is 0.0169. The van der Waals surface area contributed by atoms with Crippen LogP contribution in [0, 0.1) is 5.92 Å². The van der Waals surface area contributed by atoms with Gasteiger partial charge in [0, 0.05) is 17.6 Å². The molecule has 2 aromatic rings. The van der Waals surface area contributed by atoms with Crippen molar-refractivity contribution in [2.24, 2.45) is 5.92 Å². The van der Waals surface area contributed by atoms with Gasteiger partial charge in [0.1, 0.15) is 5.75 Å². The largest absolute Gasteiger partial charge is 0.447 e. The number of thiophene rings is 1. The van der Waals surface area contributed by atoms with Crippen molar-refractivity contribution in [3.63, 3.8) is 0 Å². The number of amides is 1. The molecule has 0 spiro atoms. The predicted octanol–water partition coefficient (Wildman–Crippen LogP) is 3.75. The average Bonchev–Trinajstić information content (AvgIpc) is 3.12. The lowest BCUT2D eigenvalue weighted by atomic mass is 9.79. The maximum atomic E-state index is 12.6. The number of piperidine rings is 3. The normalized spacial score (nSPS) is 28.5. The molecular weight excluding hydrogens is 320 g/mol. The molecule has 3 aliphatic rings. The van der Waals surface area contributed by atoms with Crippen molar-refractivity contribution in [1.29, 1.82) is 0 Å². The second-order valence-corrected chi connectivity index (χ2v) is 7.58. The van der Waals surface area contributed by atoms with Crippen molar-refractivity contribution >= 4 is 17.2 Å². The molecule has 5 rings (SSSR count). The zero-order valence-corrected chi connectivity index (χ0v) is 14.6. The molecule has 1 aromatic heterocycles. The summed E-state index contributed by atoms with van der Waals surface area (Å²) in [5.74, 6) is 1.39. The molecule has 126 valence electrons. The first-order valence-corrected chi connectivity index (χ1v) is 9.45. The van der Waals surface area contributed by atoms with Gasteiger partial charge >= 0.3 is 0 Å². The van der Waals surface area contributed by atoms with Gasteiger partial charge in [0.05, 0.1) is 0 Å². The number of hydrogen-bond acceptors (Lipinski definition) is 4. The van der Waals surface area contributed by atoms with Gasteiger partial charge in [0.15, 0.2) is 5.06 Å². The van der Waals surface area contributed by atoms with Gasteiger partial charge in [-0.15, -0.1) is 11.3 Å². The van der Waals surface area contributed by atoms with E-state index in [-0.39, 0.29) is 11.9 Å². The minimum atomic E-state index is 0.0169. The number of carbonyl (C=O) groups excluding carboxylic acids is 1. The zero-order valence-electron chi connectivity index (χ0n) is 13.8. The van der Waals surface area contributed by atoms with Gasteiger partial charge in [-0.25, -0.2) is 0 Å². The molecule has 3 fully saturated rings.